The molecule has 0 unspecified atom stereocenters. The van der Waals surface area contributed by atoms with Gasteiger partial charge in [-0.2, -0.15) is 0 Å². The van der Waals surface area contributed by atoms with Gasteiger partial charge in [-0.25, -0.2) is 4.39 Å². The summed E-state index contributed by atoms with van der Waals surface area (Å²) < 4.78 is 12.8. The molecule has 10 heavy (non-hydrogen) atoms. The van der Waals surface area contributed by atoms with Gasteiger partial charge in [0.15, 0.2) is 0 Å². The Bertz CT molecular complexity index is 216. The van der Waals surface area contributed by atoms with Crippen molar-refractivity contribution in [1.29, 1.82) is 0 Å². The minimum Gasteiger partial charge on any atom is -0.207 e. The normalized spacial score (nSPS) is 10.4. The Hall–Kier alpha value is -0.850. The summed E-state index contributed by atoms with van der Waals surface area (Å²) in [6.45, 7) is 3.80. The number of halogens is 1. The molecule has 1 rings (SSSR count). The van der Waals surface area contributed by atoms with Crippen molar-refractivity contribution in [1.82, 2.24) is 0 Å². The zero-order chi connectivity index (χ0) is 7.56. The second-order valence-corrected chi connectivity index (χ2v) is 2.48. The van der Waals surface area contributed by atoms with Gasteiger partial charge in [0, 0.05) is 5.92 Å². The quantitative estimate of drug-likeness (QED) is 0.558. The average Bonchev–Trinajstić information content (AvgIpc) is 1.88. The summed E-state index contributed by atoms with van der Waals surface area (Å²) >= 11 is 0. The summed E-state index contributed by atoms with van der Waals surface area (Å²) in [5, 5.41) is 0. The molecule has 0 heterocycles. The van der Waals surface area contributed by atoms with E-state index in [0.29, 0.717) is 5.56 Å². The lowest BCUT2D eigenvalue weighted by atomic mass is 10.0. The fraction of sp³-hybridized carbons (Fsp3) is 0.222. The van der Waals surface area contributed by atoms with Crippen LogP contribution in [0, 0.1) is 11.7 Å². The van der Waals surface area contributed by atoms with Crippen molar-refractivity contribution in [2.75, 3.05) is 0 Å². The van der Waals surface area contributed by atoms with Crippen molar-refractivity contribution in [2.45, 2.75) is 13.8 Å². The van der Waals surface area contributed by atoms with E-state index < -0.39 is 0 Å². The van der Waals surface area contributed by atoms with Crippen LogP contribution < -0.4 is 0 Å². The minimum atomic E-state index is -0.137. The molecule has 0 N–H and O–H groups in total. The SMILES string of the molecule is C[C](C)c1ccccc1F. The third kappa shape index (κ3) is 1.35. The van der Waals surface area contributed by atoms with Gasteiger partial charge in [-0.15, -0.1) is 0 Å². The topological polar surface area (TPSA) is 0 Å². The Morgan fingerprint density at radius 3 is 2.20 bits per heavy atom. The average molecular weight is 137 g/mol. The second kappa shape index (κ2) is 2.82. The van der Waals surface area contributed by atoms with Gasteiger partial charge in [0.1, 0.15) is 5.82 Å². The largest absolute Gasteiger partial charge is 0.207 e. The molecule has 0 aliphatic heterocycles. The lowest BCUT2D eigenvalue weighted by Crippen LogP contribution is -1.91. The van der Waals surface area contributed by atoms with E-state index in [4.69, 9.17) is 0 Å². The molecule has 0 aromatic heterocycles. The van der Waals surface area contributed by atoms with Crippen LogP contribution in [0.4, 0.5) is 4.39 Å². The maximum atomic E-state index is 12.8. The highest BCUT2D eigenvalue weighted by Gasteiger charge is 2.03. The molecule has 0 saturated heterocycles. The Morgan fingerprint density at radius 2 is 1.80 bits per heavy atom. The van der Waals surface area contributed by atoms with Crippen LogP contribution in [0.25, 0.3) is 0 Å². The summed E-state index contributed by atoms with van der Waals surface area (Å²) in [5.74, 6) is 0.876. The highest BCUT2D eigenvalue weighted by atomic mass is 19.1. The molecule has 0 aliphatic rings. The van der Waals surface area contributed by atoms with Crippen LogP contribution in [0.2, 0.25) is 0 Å². The van der Waals surface area contributed by atoms with E-state index >= 15 is 0 Å². The number of hydrogen-bond acceptors (Lipinski definition) is 0. The minimum absolute atomic E-state index is 0.137. The molecule has 0 atom stereocenters. The van der Waals surface area contributed by atoms with E-state index in [1.165, 1.54) is 6.07 Å². The van der Waals surface area contributed by atoms with Crippen molar-refractivity contribution in [2.24, 2.45) is 0 Å². The lowest BCUT2D eigenvalue weighted by molar-refractivity contribution is 0.616. The van der Waals surface area contributed by atoms with Crippen molar-refractivity contribution in [3.63, 3.8) is 0 Å². The molecule has 0 aliphatic carbocycles. The van der Waals surface area contributed by atoms with Crippen LogP contribution in [0.3, 0.4) is 0 Å². The fourth-order valence-corrected chi connectivity index (χ4v) is 0.867. The Balaban J connectivity index is 3.03. The Kier molecular flexibility index (Phi) is 2.05. The molecular formula is C9H10F. The van der Waals surface area contributed by atoms with Crippen molar-refractivity contribution in [3.05, 3.63) is 41.6 Å². The van der Waals surface area contributed by atoms with Gasteiger partial charge in [-0.3, -0.25) is 0 Å². The molecule has 0 fully saturated rings. The maximum absolute atomic E-state index is 12.8. The number of rotatable bonds is 1. The van der Waals surface area contributed by atoms with Gasteiger partial charge in [-0.1, -0.05) is 32.0 Å². The van der Waals surface area contributed by atoms with Gasteiger partial charge in [0.2, 0.25) is 0 Å². The Labute approximate surface area is 60.7 Å². The van der Waals surface area contributed by atoms with E-state index in [-0.39, 0.29) is 5.82 Å². The summed E-state index contributed by atoms with van der Waals surface area (Å²) in [5.41, 5.74) is 0.711. The van der Waals surface area contributed by atoms with Gasteiger partial charge in [0.05, 0.1) is 0 Å². The summed E-state index contributed by atoms with van der Waals surface area (Å²) in [7, 11) is 0. The first kappa shape index (κ1) is 7.26. The van der Waals surface area contributed by atoms with Crippen molar-refractivity contribution < 1.29 is 4.39 Å². The third-order valence-electron chi connectivity index (χ3n) is 1.41. The van der Waals surface area contributed by atoms with Crippen LogP contribution >= 0.6 is 0 Å². The standard InChI is InChI=1S/C9H10F/c1-7(2)8-5-3-4-6-9(8)10/h3-6H,1-2H3. The van der Waals surface area contributed by atoms with Crippen LogP contribution in [0.1, 0.15) is 19.4 Å². The van der Waals surface area contributed by atoms with E-state index in [1.807, 2.05) is 19.9 Å². The van der Waals surface area contributed by atoms with Crippen molar-refractivity contribution >= 4 is 0 Å². The molecular weight excluding hydrogens is 127 g/mol. The van der Waals surface area contributed by atoms with Gasteiger partial charge >= 0.3 is 0 Å². The molecule has 0 nitrogen and oxygen atoms in total. The second-order valence-electron chi connectivity index (χ2n) is 2.48. The summed E-state index contributed by atoms with van der Waals surface area (Å²) in [6.07, 6.45) is 0. The number of benzene rings is 1. The predicted molar refractivity (Wildman–Crippen MR) is 40.1 cm³/mol. The highest BCUT2D eigenvalue weighted by molar-refractivity contribution is 5.29. The smallest absolute Gasteiger partial charge is 0.126 e. The molecule has 1 aromatic rings. The fourth-order valence-electron chi connectivity index (χ4n) is 0.867. The molecule has 0 saturated carbocycles. The van der Waals surface area contributed by atoms with Gasteiger partial charge in [0.25, 0.3) is 0 Å². The highest BCUT2D eigenvalue weighted by Crippen LogP contribution is 2.15. The molecule has 1 heteroatoms. The maximum Gasteiger partial charge on any atom is 0.126 e. The van der Waals surface area contributed by atoms with E-state index in [2.05, 4.69) is 0 Å². The number of hydrogen-bond donors (Lipinski definition) is 0. The van der Waals surface area contributed by atoms with Crippen LogP contribution in [-0.4, -0.2) is 0 Å². The first-order valence-corrected chi connectivity index (χ1v) is 3.27. The summed E-state index contributed by atoms with van der Waals surface area (Å²) in [4.78, 5) is 0. The van der Waals surface area contributed by atoms with E-state index in [0.717, 1.165) is 5.92 Å². The first-order valence-electron chi connectivity index (χ1n) is 3.27. The zero-order valence-electron chi connectivity index (χ0n) is 6.19. The third-order valence-corrected chi connectivity index (χ3v) is 1.41. The predicted octanol–water partition coefficient (Wildman–Crippen LogP) is 2.79. The van der Waals surface area contributed by atoms with Crippen LogP contribution in [-0.2, 0) is 0 Å². The molecule has 0 bridgehead atoms. The van der Waals surface area contributed by atoms with Crippen LogP contribution in [0.5, 0.6) is 0 Å². The molecule has 0 amide bonds. The molecule has 1 radical (unpaired) electrons. The summed E-state index contributed by atoms with van der Waals surface area (Å²) in [6, 6.07) is 6.79. The molecule has 53 valence electrons. The molecule has 0 spiro atoms. The first-order chi connectivity index (χ1) is 4.72. The zero-order valence-corrected chi connectivity index (χ0v) is 6.19. The molecule has 1 aromatic carbocycles. The monoisotopic (exact) mass is 137 g/mol. The van der Waals surface area contributed by atoms with Gasteiger partial charge in [-0.05, 0) is 11.6 Å². The van der Waals surface area contributed by atoms with E-state index in [9.17, 15) is 4.39 Å². The van der Waals surface area contributed by atoms with Gasteiger partial charge < -0.3 is 0 Å². The lowest BCUT2D eigenvalue weighted by Gasteiger charge is -2.03. The van der Waals surface area contributed by atoms with Crippen LogP contribution in [0.15, 0.2) is 24.3 Å². The Morgan fingerprint density at radius 1 is 1.20 bits per heavy atom. The van der Waals surface area contributed by atoms with Crippen molar-refractivity contribution in [3.8, 4) is 0 Å². The van der Waals surface area contributed by atoms with E-state index in [1.54, 1.807) is 12.1 Å².